The van der Waals surface area contributed by atoms with Crippen LogP contribution in [-0.2, 0) is 10.3 Å². The summed E-state index contributed by atoms with van der Waals surface area (Å²) in [6.07, 6.45) is 5.46. The third-order valence-corrected chi connectivity index (χ3v) is 5.95. The van der Waals surface area contributed by atoms with Crippen LogP contribution in [0.15, 0.2) is 54.4 Å². The quantitative estimate of drug-likeness (QED) is 0.206. The average Bonchev–Trinajstić information content (AvgIpc) is 3.12. The van der Waals surface area contributed by atoms with Crippen molar-refractivity contribution in [1.29, 1.82) is 0 Å². The molecule has 7 N–H and O–H groups in total. The van der Waals surface area contributed by atoms with Crippen LogP contribution in [0.5, 0.6) is 0 Å². The van der Waals surface area contributed by atoms with Crippen molar-refractivity contribution in [2.75, 3.05) is 18.5 Å². The minimum absolute atomic E-state index is 0.0223. The van der Waals surface area contributed by atoms with Gasteiger partial charge >= 0.3 is 0 Å². The number of anilines is 1. The zero-order valence-corrected chi connectivity index (χ0v) is 21.6. The van der Waals surface area contributed by atoms with E-state index in [1.54, 1.807) is 26.0 Å². The third kappa shape index (κ3) is 8.56. The Labute approximate surface area is 213 Å². The number of halogens is 2. The number of benzene rings is 1. The van der Waals surface area contributed by atoms with E-state index in [9.17, 15) is 23.8 Å². The number of hydrogen-bond acceptors (Lipinski definition) is 7. The summed E-state index contributed by atoms with van der Waals surface area (Å²) in [6, 6.07) is 3.40. The lowest BCUT2D eigenvalue weighted by atomic mass is 9.96. The fourth-order valence-corrected chi connectivity index (χ4v) is 4.15. The van der Waals surface area contributed by atoms with Gasteiger partial charge < -0.3 is 31.7 Å². The Morgan fingerprint density at radius 3 is 2.31 bits per heavy atom. The molecule has 0 saturated heterocycles. The molecule has 0 unspecified atom stereocenters. The van der Waals surface area contributed by atoms with Gasteiger partial charge in [-0.25, -0.2) is 8.78 Å². The van der Waals surface area contributed by atoms with Gasteiger partial charge in [-0.1, -0.05) is 24.3 Å². The van der Waals surface area contributed by atoms with E-state index in [1.807, 2.05) is 0 Å². The second kappa shape index (κ2) is 11.8. The first kappa shape index (κ1) is 29.2. The number of amides is 1. The molecule has 0 aliphatic heterocycles. The van der Waals surface area contributed by atoms with E-state index in [4.69, 9.17) is 16.2 Å². The monoisotopic (exact) mass is 521 g/mol. The highest BCUT2D eigenvalue weighted by atomic mass is 32.1. The van der Waals surface area contributed by atoms with Crippen LogP contribution in [0.4, 0.5) is 13.8 Å². The second-order valence-electron chi connectivity index (χ2n) is 9.47. The maximum Gasteiger partial charge on any atom is 0.251 e. The Kier molecular flexibility index (Phi) is 9.56. The van der Waals surface area contributed by atoms with Crippen LogP contribution in [0, 0.1) is 11.6 Å². The third-order valence-electron chi connectivity index (χ3n) is 4.88. The number of carbonyl (C=O) groups excluding carboxylic acids is 1. The van der Waals surface area contributed by atoms with E-state index >= 15 is 0 Å². The van der Waals surface area contributed by atoms with Gasteiger partial charge in [0.2, 0.25) is 0 Å². The van der Waals surface area contributed by atoms with Crippen LogP contribution in [-0.4, -0.2) is 34.9 Å². The van der Waals surface area contributed by atoms with E-state index in [0.717, 1.165) is 29.0 Å². The molecule has 1 amide bonds. The molecule has 2 rings (SSSR count). The van der Waals surface area contributed by atoms with Crippen LogP contribution < -0.4 is 16.8 Å². The zero-order chi connectivity index (χ0) is 27.3. The first-order chi connectivity index (χ1) is 16.6. The molecule has 1 aromatic heterocycles. The van der Waals surface area contributed by atoms with Crippen LogP contribution in [0.25, 0.3) is 10.4 Å². The Bertz CT molecular complexity index is 1150. The van der Waals surface area contributed by atoms with Gasteiger partial charge in [-0.3, -0.25) is 4.79 Å². The van der Waals surface area contributed by atoms with E-state index in [-0.39, 0.29) is 39.0 Å². The average molecular weight is 522 g/mol. The van der Waals surface area contributed by atoms with Gasteiger partial charge in [0.15, 0.2) is 0 Å². The summed E-state index contributed by atoms with van der Waals surface area (Å²) in [5.41, 5.74) is 9.66. The molecule has 7 nitrogen and oxygen atoms in total. The van der Waals surface area contributed by atoms with E-state index in [2.05, 4.69) is 11.9 Å². The SMILES string of the molecule is C=C(/C=C\C=C(/N)Nc1sc(-c2c(F)cc(C(C)(C)O)cc2F)cc1C(N)=O)CCOCC(C)(C)O. The number of aliphatic hydroxyl groups is 2. The van der Waals surface area contributed by atoms with Crippen LogP contribution in [0.2, 0.25) is 0 Å². The summed E-state index contributed by atoms with van der Waals surface area (Å²) in [5.74, 6) is -2.40. The summed E-state index contributed by atoms with van der Waals surface area (Å²) >= 11 is 0.912. The van der Waals surface area contributed by atoms with Crippen molar-refractivity contribution in [2.45, 2.75) is 45.3 Å². The summed E-state index contributed by atoms with van der Waals surface area (Å²) in [7, 11) is 0. The molecule has 36 heavy (non-hydrogen) atoms. The summed E-state index contributed by atoms with van der Waals surface area (Å²) in [5, 5.41) is 22.8. The molecule has 0 spiro atoms. The molecule has 1 heterocycles. The molecule has 0 aliphatic rings. The number of thiophene rings is 1. The van der Waals surface area contributed by atoms with E-state index in [1.165, 1.54) is 26.0 Å². The molecule has 0 atom stereocenters. The number of hydrogen-bond donors (Lipinski definition) is 5. The second-order valence-corrected chi connectivity index (χ2v) is 10.5. The van der Waals surface area contributed by atoms with Gasteiger partial charge in [0, 0.05) is 4.88 Å². The van der Waals surface area contributed by atoms with Gasteiger partial charge in [0.1, 0.15) is 22.5 Å². The van der Waals surface area contributed by atoms with Crippen LogP contribution in [0.1, 0.15) is 50.0 Å². The van der Waals surface area contributed by atoms with Gasteiger partial charge in [0.05, 0.1) is 35.5 Å². The lowest BCUT2D eigenvalue weighted by molar-refractivity contribution is -0.0197. The predicted molar refractivity (Wildman–Crippen MR) is 139 cm³/mol. The van der Waals surface area contributed by atoms with Crippen molar-refractivity contribution >= 4 is 22.2 Å². The fourth-order valence-electron chi connectivity index (χ4n) is 3.02. The van der Waals surface area contributed by atoms with Crippen molar-refractivity contribution in [3.8, 4) is 10.4 Å². The molecule has 0 bridgehead atoms. The number of primary amides is 1. The lowest BCUT2D eigenvalue weighted by Gasteiger charge is -2.18. The number of allylic oxidation sites excluding steroid dienone is 3. The summed E-state index contributed by atoms with van der Waals surface area (Å²) in [4.78, 5) is 12.1. The highest BCUT2D eigenvalue weighted by Crippen LogP contribution is 2.39. The standard InChI is InChI=1S/C26H33F2N3O4S/c1-15(9-10-35-14-25(2,3)33)7-6-8-21(29)31-24-17(23(30)32)13-20(36-24)22-18(27)11-16(12-19(22)28)26(4,5)34/h6-8,11-13,31,33-34H,1,9-10,14,29H2,2-5H3,(H2,30,32)/b7-6-,21-8+. The van der Waals surface area contributed by atoms with E-state index in [0.29, 0.717) is 13.0 Å². The van der Waals surface area contributed by atoms with Gasteiger partial charge in [-0.15, -0.1) is 11.3 Å². The molecule has 10 heteroatoms. The predicted octanol–water partition coefficient (Wildman–Crippen LogP) is 4.52. The molecule has 2 aromatic rings. The first-order valence-electron chi connectivity index (χ1n) is 11.1. The van der Waals surface area contributed by atoms with Crippen LogP contribution >= 0.6 is 11.3 Å². The molecular weight excluding hydrogens is 488 g/mol. The Hall–Kier alpha value is -3.05. The highest BCUT2D eigenvalue weighted by molar-refractivity contribution is 7.19. The topological polar surface area (TPSA) is 131 Å². The molecule has 196 valence electrons. The molecule has 0 radical (unpaired) electrons. The zero-order valence-electron chi connectivity index (χ0n) is 20.8. The lowest BCUT2D eigenvalue weighted by Crippen LogP contribution is -2.26. The maximum atomic E-state index is 14.8. The Morgan fingerprint density at radius 2 is 1.78 bits per heavy atom. The number of ether oxygens (including phenoxy) is 1. The van der Waals surface area contributed by atoms with Crippen molar-refractivity contribution in [2.24, 2.45) is 11.5 Å². The summed E-state index contributed by atoms with van der Waals surface area (Å²) in [6.45, 7) is 10.7. The van der Waals surface area contributed by atoms with E-state index < -0.39 is 28.7 Å². The molecular formula is C26H33F2N3O4S. The normalized spacial score (nSPS) is 12.8. The number of nitrogens with one attached hydrogen (secondary N) is 1. The van der Waals surface area contributed by atoms with Gasteiger partial charge in [-0.05, 0) is 64.0 Å². The largest absolute Gasteiger partial charge is 0.388 e. The van der Waals surface area contributed by atoms with Crippen molar-refractivity contribution in [3.05, 3.63) is 77.2 Å². The van der Waals surface area contributed by atoms with Crippen molar-refractivity contribution in [1.82, 2.24) is 0 Å². The van der Waals surface area contributed by atoms with Crippen molar-refractivity contribution < 1.29 is 28.5 Å². The Morgan fingerprint density at radius 1 is 1.17 bits per heavy atom. The van der Waals surface area contributed by atoms with Gasteiger partial charge in [-0.2, -0.15) is 0 Å². The Balaban J connectivity index is 2.16. The fraction of sp³-hybridized carbons (Fsp3) is 0.346. The number of carbonyl (C=O) groups is 1. The highest BCUT2D eigenvalue weighted by Gasteiger charge is 2.24. The minimum atomic E-state index is -1.43. The first-order valence-corrected chi connectivity index (χ1v) is 11.9. The smallest absolute Gasteiger partial charge is 0.251 e. The van der Waals surface area contributed by atoms with Crippen LogP contribution in [0.3, 0.4) is 0 Å². The van der Waals surface area contributed by atoms with Gasteiger partial charge in [0.25, 0.3) is 5.91 Å². The molecule has 1 aromatic carbocycles. The molecule has 0 aliphatic carbocycles. The molecule has 0 saturated carbocycles. The number of rotatable bonds is 12. The summed E-state index contributed by atoms with van der Waals surface area (Å²) < 4.78 is 35.0. The molecule has 0 fully saturated rings. The number of nitrogens with two attached hydrogens (primary N) is 2. The minimum Gasteiger partial charge on any atom is -0.388 e. The van der Waals surface area contributed by atoms with Crippen molar-refractivity contribution in [3.63, 3.8) is 0 Å². The maximum absolute atomic E-state index is 14.8.